The largest absolute Gasteiger partial charge is 0.297 e. The Morgan fingerprint density at radius 3 is 2.47 bits per heavy atom. The number of hydrogen-bond donors (Lipinski definition) is 0. The minimum absolute atomic E-state index is 0.0725. The van der Waals surface area contributed by atoms with E-state index in [2.05, 4.69) is 0 Å². The third kappa shape index (κ3) is 4.66. The van der Waals surface area contributed by atoms with Crippen LogP contribution < -0.4 is 0 Å². The number of Topliss-reactive ketones (excluding diaryl/α,β-unsaturated/α-hetero) is 1. The second-order valence-corrected chi connectivity index (χ2v) is 5.29. The Balaban J connectivity index is 2.54. The maximum absolute atomic E-state index is 11.6. The second-order valence-electron chi connectivity index (χ2n) is 3.67. The molecule has 94 valence electrons. The van der Waals surface area contributed by atoms with Crippen molar-refractivity contribution in [2.75, 3.05) is 6.61 Å². The molecule has 5 heteroatoms. The Bertz CT molecular complexity index is 451. The van der Waals surface area contributed by atoms with E-state index in [1.807, 2.05) is 6.92 Å². The first kappa shape index (κ1) is 13.9. The normalized spacial score (nSPS) is 11.4. The van der Waals surface area contributed by atoms with Crippen LogP contribution in [0.4, 0.5) is 0 Å². The van der Waals surface area contributed by atoms with Gasteiger partial charge >= 0.3 is 0 Å². The number of carbonyl (C=O) groups excluding carboxylic acids is 1. The first-order chi connectivity index (χ1) is 8.06. The van der Waals surface area contributed by atoms with E-state index in [0.717, 1.165) is 12.8 Å². The van der Waals surface area contributed by atoms with Crippen LogP contribution >= 0.6 is 0 Å². The van der Waals surface area contributed by atoms with Crippen molar-refractivity contribution in [3.05, 3.63) is 30.3 Å². The first-order valence-electron chi connectivity index (χ1n) is 5.52. The van der Waals surface area contributed by atoms with E-state index >= 15 is 0 Å². The molecule has 0 spiro atoms. The van der Waals surface area contributed by atoms with Gasteiger partial charge in [-0.2, -0.15) is 8.42 Å². The lowest BCUT2D eigenvalue weighted by atomic mass is 10.2. The molecule has 1 aromatic carbocycles. The molecule has 0 radical (unpaired) electrons. The third-order valence-electron chi connectivity index (χ3n) is 2.22. The fourth-order valence-corrected chi connectivity index (χ4v) is 2.16. The van der Waals surface area contributed by atoms with Gasteiger partial charge in [0.2, 0.25) is 0 Å². The summed E-state index contributed by atoms with van der Waals surface area (Å²) in [5.41, 5.74) is 0. The predicted octanol–water partition coefficient (Wildman–Crippen LogP) is 2.15. The van der Waals surface area contributed by atoms with Crippen LogP contribution in [-0.4, -0.2) is 20.8 Å². The highest BCUT2D eigenvalue weighted by Crippen LogP contribution is 2.11. The summed E-state index contributed by atoms with van der Waals surface area (Å²) in [7, 11) is -3.80. The zero-order valence-corrected chi connectivity index (χ0v) is 10.6. The van der Waals surface area contributed by atoms with Crippen molar-refractivity contribution >= 4 is 15.9 Å². The smallest absolute Gasteiger partial charge is 0.297 e. The fraction of sp³-hybridized carbons (Fsp3) is 0.417. The zero-order chi connectivity index (χ0) is 12.7. The molecule has 1 rings (SSSR count). The van der Waals surface area contributed by atoms with Crippen LogP contribution in [0.5, 0.6) is 0 Å². The molecule has 0 aliphatic rings. The van der Waals surface area contributed by atoms with Gasteiger partial charge in [0, 0.05) is 6.42 Å². The molecule has 0 N–H and O–H groups in total. The fourth-order valence-electron chi connectivity index (χ4n) is 1.24. The number of carbonyl (C=O) groups is 1. The van der Waals surface area contributed by atoms with Crippen molar-refractivity contribution in [3.8, 4) is 0 Å². The molecule has 0 heterocycles. The van der Waals surface area contributed by atoms with Crippen LogP contribution in [0.25, 0.3) is 0 Å². The van der Waals surface area contributed by atoms with Gasteiger partial charge in [-0.3, -0.25) is 8.98 Å². The summed E-state index contributed by atoms with van der Waals surface area (Å²) >= 11 is 0. The van der Waals surface area contributed by atoms with Gasteiger partial charge < -0.3 is 0 Å². The quantitative estimate of drug-likeness (QED) is 0.701. The molecule has 0 unspecified atom stereocenters. The van der Waals surface area contributed by atoms with Crippen LogP contribution in [0.1, 0.15) is 26.2 Å². The molecule has 4 nitrogen and oxygen atoms in total. The molecule has 0 atom stereocenters. The third-order valence-corrected chi connectivity index (χ3v) is 3.49. The van der Waals surface area contributed by atoms with Crippen molar-refractivity contribution in [2.24, 2.45) is 0 Å². The molecule has 17 heavy (non-hydrogen) atoms. The summed E-state index contributed by atoms with van der Waals surface area (Å²) < 4.78 is 28.0. The van der Waals surface area contributed by atoms with Crippen LogP contribution in [0.3, 0.4) is 0 Å². The SMILES string of the molecule is CCCCC(=O)COS(=O)(=O)c1ccccc1. The number of rotatable bonds is 7. The maximum atomic E-state index is 11.6. The summed E-state index contributed by atoms with van der Waals surface area (Å²) in [4.78, 5) is 11.4. The van der Waals surface area contributed by atoms with Gasteiger partial charge in [-0.25, -0.2) is 0 Å². The lowest BCUT2D eigenvalue weighted by Gasteiger charge is -2.04. The zero-order valence-electron chi connectivity index (χ0n) is 9.76. The van der Waals surface area contributed by atoms with E-state index in [0.29, 0.717) is 6.42 Å². The number of hydrogen-bond acceptors (Lipinski definition) is 4. The van der Waals surface area contributed by atoms with E-state index in [4.69, 9.17) is 4.18 Å². The summed E-state index contributed by atoms with van der Waals surface area (Å²) in [6, 6.07) is 7.80. The first-order valence-corrected chi connectivity index (χ1v) is 6.93. The predicted molar refractivity (Wildman–Crippen MR) is 64.1 cm³/mol. The topological polar surface area (TPSA) is 60.4 Å². The Labute approximate surface area is 102 Å². The molecule has 0 saturated heterocycles. The van der Waals surface area contributed by atoms with E-state index in [9.17, 15) is 13.2 Å². The van der Waals surface area contributed by atoms with Crippen LogP contribution in [0, 0.1) is 0 Å². The highest BCUT2D eigenvalue weighted by molar-refractivity contribution is 7.86. The average Bonchev–Trinajstić information content (AvgIpc) is 2.35. The standard InChI is InChI=1S/C12H16O4S/c1-2-3-7-11(13)10-16-17(14,15)12-8-5-4-6-9-12/h4-6,8-9H,2-3,7,10H2,1H3. The van der Waals surface area contributed by atoms with Crippen LogP contribution in [-0.2, 0) is 19.1 Å². The Kier molecular flexibility index (Phi) is 5.31. The number of unbranched alkanes of at least 4 members (excludes halogenated alkanes) is 1. The molecule has 1 aromatic rings. The van der Waals surface area contributed by atoms with Crippen molar-refractivity contribution < 1.29 is 17.4 Å². The van der Waals surface area contributed by atoms with Gasteiger partial charge in [-0.05, 0) is 18.6 Å². The van der Waals surface area contributed by atoms with E-state index in [1.165, 1.54) is 12.1 Å². The van der Waals surface area contributed by atoms with E-state index in [1.54, 1.807) is 18.2 Å². The average molecular weight is 256 g/mol. The lowest BCUT2D eigenvalue weighted by molar-refractivity contribution is -0.121. The van der Waals surface area contributed by atoms with Gasteiger partial charge in [0.1, 0.15) is 6.61 Å². The molecule has 0 aliphatic heterocycles. The van der Waals surface area contributed by atoms with Gasteiger partial charge in [-0.1, -0.05) is 31.5 Å². The summed E-state index contributed by atoms with van der Waals surface area (Å²) in [5.74, 6) is -0.189. The maximum Gasteiger partial charge on any atom is 0.297 e. The highest BCUT2D eigenvalue weighted by Gasteiger charge is 2.16. The number of ketones is 1. The summed E-state index contributed by atoms with van der Waals surface area (Å²) in [6.07, 6.45) is 2.02. The van der Waals surface area contributed by atoms with Gasteiger partial charge in [-0.15, -0.1) is 0 Å². The van der Waals surface area contributed by atoms with Crippen LogP contribution in [0.15, 0.2) is 35.2 Å². The number of benzene rings is 1. The Hall–Kier alpha value is -1.20. The minimum atomic E-state index is -3.80. The molecule has 0 amide bonds. The molecule has 0 saturated carbocycles. The molecule has 0 bridgehead atoms. The molecular weight excluding hydrogens is 240 g/mol. The van der Waals surface area contributed by atoms with Gasteiger partial charge in [0.15, 0.2) is 5.78 Å². The monoisotopic (exact) mass is 256 g/mol. The highest BCUT2D eigenvalue weighted by atomic mass is 32.2. The van der Waals surface area contributed by atoms with Crippen molar-refractivity contribution in [1.29, 1.82) is 0 Å². The van der Waals surface area contributed by atoms with Crippen LogP contribution in [0.2, 0.25) is 0 Å². The van der Waals surface area contributed by atoms with E-state index < -0.39 is 10.1 Å². The molecule has 0 aromatic heterocycles. The lowest BCUT2D eigenvalue weighted by Crippen LogP contribution is -2.14. The second kappa shape index (κ2) is 6.51. The molecular formula is C12H16O4S. The summed E-state index contributed by atoms with van der Waals surface area (Å²) in [6.45, 7) is 1.59. The Morgan fingerprint density at radius 1 is 1.24 bits per heavy atom. The summed E-state index contributed by atoms with van der Waals surface area (Å²) in [5, 5.41) is 0. The van der Waals surface area contributed by atoms with Crippen molar-refractivity contribution in [1.82, 2.24) is 0 Å². The van der Waals surface area contributed by atoms with Gasteiger partial charge in [0.05, 0.1) is 4.90 Å². The van der Waals surface area contributed by atoms with Gasteiger partial charge in [0.25, 0.3) is 10.1 Å². The molecule has 0 aliphatic carbocycles. The molecule has 0 fully saturated rings. The van der Waals surface area contributed by atoms with Crippen molar-refractivity contribution in [2.45, 2.75) is 31.1 Å². The minimum Gasteiger partial charge on any atom is -0.297 e. The van der Waals surface area contributed by atoms with Crippen molar-refractivity contribution in [3.63, 3.8) is 0 Å². The Morgan fingerprint density at radius 2 is 1.88 bits per heavy atom. The van der Waals surface area contributed by atoms with E-state index in [-0.39, 0.29) is 17.3 Å².